The largest absolute Gasteiger partial charge is 0.353 e. The van der Waals surface area contributed by atoms with Crippen molar-refractivity contribution in [2.75, 3.05) is 11.9 Å². The normalized spacial score (nSPS) is 9.83. The van der Waals surface area contributed by atoms with Crippen molar-refractivity contribution in [3.63, 3.8) is 0 Å². The smallest absolute Gasteiger partial charge is 0.165 e. The Balaban J connectivity index is 2.19. The highest BCUT2D eigenvalue weighted by Gasteiger charge is 2.08. The van der Waals surface area contributed by atoms with Gasteiger partial charge in [0.05, 0.1) is 11.6 Å². The average molecular weight is 241 g/mol. The molecule has 0 amide bonds. The van der Waals surface area contributed by atoms with Gasteiger partial charge in [-0.25, -0.2) is 9.37 Å². The van der Waals surface area contributed by atoms with Crippen molar-refractivity contribution in [1.29, 1.82) is 5.26 Å². The first kappa shape index (κ1) is 12.1. The third kappa shape index (κ3) is 2.64. The van der Waals surface area contributed by atoms with Crippen molar-refractivity contribution in [3.05, 3.63) is 59.5 Å². The van der Waals surface area contributed by atoms with Gasteiger partial charge < -0.3 is 4.90 Å². The van der Waals surface area contributed by atoms with E-state index in [4.69, 9.17) is 5.26 Å². The summed E-state index contributed by atoms with van der Waals surface area (Å²) in [5, 5.41) is 8.82. The summed E-state index contributed by atoms with van der Waals surface area (Å²) in [5.41, 5.74) is 1.55. The maximum absolute atomic E-state index is 13.5. The van der Waals surface area contributed by atoms with E-state index in [1.807, 2.05) is 12.1 Å². The lowest BCUT2D eigenvalue weighted by Crippen LogP contribution is -2.19. The Morgan fingerprint density at radius 1 is 1.33 bits per heavy atom. The predicted molar refractivity (Wildman–Crippen MR) is 67.5 cm³/mol. The number of nitriles is 1. The minimum absolute atomic E-state index is 0.305. The molecule has 90 valence electrons. The highest BCUT2D eigenvalue weighted by molar-refractivity contribution is 5.41. The SMILES string of the molecule is CN(Cc1cccc(C#N)c1)c1ncccc1F. The third-order valence-electron chi connectivity index (χ3n) is 2.58. The van der Waals surface area contributed by atoms with E-state index in [9.17, 15) is 4.39 Å². The highest BCUT2D eigenvalue weighted by atomic mass is 19.1. The molecule has 0 atom stereocenters. The van der Waals surface area contributed by atoms with Crippen LogP contribution in [0, 0.1) is 17.1 Å². The van der Waals surface area contributed by atoms with Gasteiger partial charge in [0.15, 0.2) is 11.6 Å². The van der Waals surface area contributed by atoms with E-state index in [-0.39, 0.29) is 5.82 Å². The maximum Gasteiger partial charge on any atom is 0.165 e. The van der Waals surface area contributed by atoms with E-state index >= 15 is 0 Å². The summed E-state index contributed by atoms with van der Waals surface area (Å²) < 4.78 is 13.5. The van der Waals surface area contributed by atoms with Crippen LogP contribution in [-0.4, -0.2) is 12.0 Å². The second-order valence-electron chi connectivity index (χ2n) is 3.98. The molecule has 18 heavy (non-hydrogen) atoms. The molecular weight excluding hydrogens is 229 g/mol. The number of hydrogen-bond donors (Lipinski definition) is 0. The fourth-order valence-electron chi connectivity index (χ4n) is 1.75. The number of aromatic nitrogens is 1. The molecule has 3 nitrogen and oxygen atoms in total. The van der Waals surface area contributed by atoms with Crippen LogP contribution in [0.15, 0.2) is 42.6 Å². The molecule has 0 bridgehead atoms. The second kappa shape index (κ2) is 5.28. The molecule has 0 aliphatic carbocycles. The first-order valence-electron chi connectivity index (χ1n) is 5.51. The number of rotatable bonds is 3. The molecule has 1 aromatic carbocycles. The summed E-state index contributed by atoms with van der Waals surface area (Å²) in [5.74, 6) is -0.0451. The number of nitrogens with zero attached hydrogens (tertiary/aromatic N) is 3. The van der Waals surface area contributed by atoms with Gasteiger partial charge in [-0.05, 0) is 29.8 Å². The van der Waals surface area contributed by atoms with Crippen molar-refractivity contribution in [3.8, 4) is 6.07 Å². The average Bonchev–Trinajstić information content (AvgIpc) is 2.39. The van der Waals surface area contributed by atoms with Crippen molar-refractivity contribution in [2.24, 2.45) is 0 Å². The third-order valence-corrected chi connectivity index (χ3v) is 2.58. The van der Waals surface area contributed by atoms with Crippen LogP contribution in [0.4, 0.5) is 10.2 Å². The summed E-state index contributed by atoms with van der Waals surface area (Å²) >= 11 is 0. The summed E-state index contributed by atoms with van der Waals surface area (Å²) in [6.45, 7) is 0.503. The van der Waals surface area contributed by atoms with E-state index in [1.54, 1.807) is 36.3 Å². The topological polar surface area (TPSA) is 39.9 Å². The number of hydrogen-bond acceptors (Lipinski definition) is 3. The fraction of sp³-hybridized carbons (Fsp3) is 0.143. The van der Waals surface area contributed by atoms with Crippen LogP contribution < -0.4 is 4.90 Å². The van der Waals surface area contributed by atoms with Gasteiger partial charge in [-0.15, -0.1) is 0 Å². The summed E-state index contributed by atoms with van der Waals surface area (Å²) in [6, 6.07) is 12.3. The zero-order valence-electron chi connectivity index (χ0n) is 9.97. The molecule has 1 heterocycles. The zero-order chi connectivity index (χ0) is 13.0. The van der Waals surface area contributed by atoms with Gasteiger partial charge in [0.2, 0.25) is 0 Å². The highest BCUT2D eigenvalue weighted by Crippen LogP contribution is 2.16. The zero-order valence-corrected chi connectivity index (χ0v) is 9.97. The van der Waals surface area contributed by atoms with Crippen LogP contribution in [0.2, 0.25) is 0 Å². The number of halogens is 1. The molecule has 0 spiro atoms. The van der Waals surface area contributed by atoms with Crippen LogP contribution >= 0.6 is 0 Å². The van der Waals surface area contributed by atoms with Crippen LogP contribution in [0.3, 0.4) is 0 Å². The number of anilines is 1. The van der Waals surface area contributed by atoms with E-state index in [0.29, 0.717) is 17.9 Å². The molecule has 0 aliphatic heterocycles. The molecule has 1 aromatic heterocycles. The van der Waals surface area contributed by atoms with Crippen molar-refractivity contribution in [2.45, 2.75) is 6.54 Å². The molecule has 0 saturated carbocycles. The monoisotopic (exact) mass is 241 g/mol. The van der Waals surface area contributed by atoms with Crippen molar-refractivity contribution in [1.82, 2.24) is 4.98 Å². The molecule has 4 heteroatoms. The first-order valence-corrected chi connectivity index (χ1v) is 5.51. The van der Waals surface area contributed by atoms with Gasteiger partial charge >= 0.3 is 0 Å². The molecule has 0 N–H and O–H groups in total. The van der Waals surface area contributed by atoms with Crippen LogP contribution in [0.1, 0.15) is 11.1 Å². The Hall–Kier alpha value is -2.41. The molecule has 0 radical (unpaired) electrons. The van der Waals surface area contributed by atoms with E-state index < -0.39 is 0 Å². The van der Waals surface area contributed by atoms with Gasteiger partial charge in [-0.2, -0.15) is 5.26 Å². The van der Waals surface area contributed by atoms with E-state index in [0.717, 1.165) is 5.56 Å². The Bertz CT molecular complexity index is 590. The molecular formula is C14H12FN3. The Kier molecular flexibility index (Phi) is 3.54. The van der Waals surface area contributed by atoms with Crippen LogP contribution in [0.25, 0.3) is 0 Å². The molecule has 0 fully saturated rings. The summed E-state index contributed by atoms with van der Waals surface area (Å²) in [7, 11) is 1.77. The second-order valence-corrected chi connectivity index (χ2v) is 3.98. The van der Waals surface area contributed by atoms with E-state index in [1.165, 1.54) is 6.07 Å². The van der Waals surface area contributed by atoms with Crippen LogP contribution in [-0.2, 0) is 6.54 Å². The maximum atomic E-state index is 13.5. The summed E-state index contributed by atoms with van der Waals surface area (Å²) in [6.07, 6.45) is 1.56. The number of pyridine rings is 1. The molecule has 0 aliphatic rings. The molecule has 0 saturated heterocycles. The quantitative estimate of drug-likeness (QED) is 0.829. The van der Waals surface area contributed by atoms with Crippen molar-refractivity contribution < 1.29 is 4.39 Å². The van der Waals surface area contributed by atoms with Crippen molar-refractivity contribution >= 4 is 5.82 Å². The van der Waals surface area contributed by atoms with Gasteiger partial charge in [-0.3, -0.25) is 0 Å². The first-order chi connectivity index (χ1) is 8.70. The number of benzene rings is 1. The lowest BCUT2D eigenvalue weighted by molar-refractivity contribution is 0.615. The Morgan fingerprint density at radius 2 is 2.17 bits per heavy atom. The van der Waals surface area contributed by atoms with E-state index in [2.05, 4.69) is 11.1 Å². The van der Waals surface area contributed by atoms with Gasteiger partial charge in [0.25, 0.3) is 0 Å². The Labute approximate surface area is 105 Å². The lowest BCUT2D eigenvalue weighted by atomic mass is 10.1. The fourth-order valence-corrected chi connectivity index (χ4v) is 1.75. The van der Waals surface area contributed by atoms with Gasteiger partial charge in [0, 0.05) is 19.8 Å². The molecule has 0 unspecified atom stereocenters. The summed E-state index contributed by atoms with van der Waals surface area (Å²) in [4.78, 5) is 5.72. The standard InChI is InChI=1S/C14H12FN3/c1-18(14-13(15)6-3-7-17-14)10-12-5-2-4-11(8-12)9-16/h2-8H,10H2,1H3. The van der Waals surface area contributed by atoms with Crippen LogP contribution in [0.5, 0.6) is 0 Å². The Morgan fingerprint density at radius 3 is 2.89 bits per heavy atom. The lowest BCUT2D eigenvalue weighted by Gasteiger charge is -2.18. The minimum Gasteiger partial charge on any atom is -0.353 e. The van der Waals surface area contributed by atoms with Gasteiger partial charge in [-0.1, -0.05) is 12.1 Å². The minimum atomic E-state index is -0.351. The van der Waals surface area contributed by atoms with Gasteiger partial charge in [0.1, 0.15) is 0 Å². The molecule has 2 rings (SSSR count). The molecule has 2 aromatic rings. The predicted octanol–water partition coefficient (Wildman–Crippen LogP) is 2.73.